The molecule has 34 heavy (non-hydrogen) atoms. The van der Waals surface area contributed by atoms with E-state index < -0.39 is 24.2 Å². The molecule has 1 aliphatic carbocycles. The van der Waals surface area contributed by atoms with E-state index in [1.54, 1.807) is 6.08 Å². The number of carboxylic acids is 1. The van der Waals surface area contributed by atoms with E-state index in [0.717, 1.165) is 22.3 Å². The van der Waals surface area contributed by atoms with Gasteiger partial charge in [-0.3, -0.25) is 9.59 Å². The third-order valence-electron chi connectivity index (χ3n) is 6.19. The highest BCUT2D eigenvalue weighted by atomic mass is 16.5. The highest BCUT2D eigenvalue weighted by Gasteiger charge is 2.32. The van der Waals surface area contributed by atoms with Crippen LogP contribution in [0.3, 0.4) is 0 Å². The van der Waals surface area contributed by atoms with E-state index >= 15 is 0 Å². The summed E-state index contributed by atoms with van der Waals surface area (Å²) in [5, 5.41) is 11.7. The fourth-order valence-electron chi connectivity index (χ4n) is 4.63. The van der Waals surface area contributed by atoms with Gasteiger partial charge in [-0.15, -0.1) is 6.58 Å². The third-order valence-corrected chi connectivity index (χ3v) is 6.19. The molecule has 2 atom stereocenters. The lowest BCUT2D eigenvalue weighted by molar-refractivity contribution is -0.148. The number of carbonyl (C=O) groups excluding carboxylic acids is 2. The fraction of sp³-hybridized carbons (Fsp3) is 0.346. The summed E-state index contributed by atoms with van der Waals surface area (Å²) >= 11 is 0. The van der Waals surface area contributed by atoms with Gasteiger partial charge in [-0.1, -0.05) is 54.6 Å². The van der Waals surface area contributed by atoms with Gasteiger partial charge in [-0.05, 0) is 28.7 Å². The SMILES string of the molecule is C=CCC(NC(=O)OCC1c2ccccc2-c2ccccc21)C(=O)N1CCOC(CC(=O)O)C1. The average Bonchev–Trinajstić information content (AvgIpc) is 3.15. The molecule has 2 unspecified atom stereocenters. The molecule has 0 saturated carbocycles. The Labute approximate surface area is 198 Å². The summed E-state index contributed by atoms with van der Waals surface area (Å²) < 4.78 is 11.0. The molecule has 0 aromatic heterocycles. The number of ether oxygens (including phenoxy) is 2. The molecule has 2 aromatic carbocycles. The van der Waals surface area contributed by atoms with Gasteiger partial charge in [0.25, 0.3) is 0 Å². The van der Waals surface area contributed by atoms with Crippen molar-refractivity contribution < 1.29 is 29.0 Å². The molecule has 2 amide bonds. The van der Waals surface area contributed by atoms with Gasteiger partial charge in [0.15, 0.2) is 0 Å². The van der Waals surface area contributed by atoms with Gasteiger partial charge in [0.1, 0.15) is 12.6 Å². The smallest absolute Gasteiger partial charge is 0.407 e. The summed E-state index contributed by atoms with van der Waals surface area (Å²) in [7, 11) is 0. The number of rotatable bonds is 8. The summed E-state index contributed by atoms with van der Waals surface area (Å²) in [6, 6.07) is 15.3. The van der Waals surface area contributed by atoms with Crippen LogP contribution >= 0.6 is 0 Å². The molecular formula is C26H28N2O6. The number of nitrogens with one attached hydrogen (secondary N) is 1. The second-order valence-corrected chi connectivity index (χ2v) is 8.42. The van der Waals surface area contributed by atoms with Crippen LogP contribution < -0.4 is 5.32 Å². The first-order valence-electron chi connectivity index (χ1n) is 11.3. The van der Waals surface area contributed by atoms with Crippen molar-refractivity contribution in [1.29, 1.82) is 0 Å². The van der Waals surface area contributed by atoms with Gasteiger partial charge in [0.05, 0.1) is 19.1 Å². The van der Waals surface area contributed by atoms with E-state index in [1.165, 1.54) is 4.90 Å². The highest BCUT2D eigenvalue weighted by Crippen LogP contribution is 2.44. The lowest BCUT2D eigenvalue weighted by atomic mass is 9.98. The number of carboxylic acid groups (broad SMARTS) is 1. The Hall–Kier alpha value is -3.65. The Morgan fingerprint density at radius 2 is 1.79 bits per heavy atom. The van der Waals surface area contributed by atoms with E-state index in [2.05, 4.69) is 24.0 Å². The molecular weight excluding hydrogens is 436 g/mol. The molecule has 2 N–H and O–H groups in total. The normalized spacial score (nSPS) is 17.9. The van der Waals surface area contributed by atoms with Gasteiger partial charge in [-0.25, -0.2) is 4.79 Å². The average molecular weight is 465 g/mol. The molecule has 8 nitrogen and oxygen atoms in total. The van der Waals surface area contributed by atoms with Crippen molar-refractivity contribution in [3.05, 3.63) is 72.3 Å². The molecule has 0 bridgehead atoms. The van der Waals surface area contributed by atoms with Crippen molar-refractivity contribution in [2.24, 2.45) is 0 Å². The summed E-state index contributed by atoms with van der Waals surface area (Å²) in [4.78, 5) is 38.2. The predicted octanol–water partition coefficient (Wildman–Crippen LogP) is 3.17. The Bertz CT molecular complexity index is 1040. The first-order valence-corrected chi connectivity index (χ1v) is 11.3. The van der Waals surface area contributed by atoms with Crippen LogP contribution in [0.25, 0.3) is 11.1 Å². The van der Waals surface area contributed by atoms with Crippen LogP contribution in [-0.4, -0.2) is 66.4 Å². The Kier molecular flexibility index (Phi) is 7.27. The zero-order valence-corrected chi connectivity index (χ0v) is 18.8. The first kappa shape index (κ1) is 23.5. The quantitative estimate of drug-likeness (QED) is 0.582. The van der Waals surface area contributed by atoms with Crippen molar-refractivity contribution in [2.45, 2.75) is 30.9 Å². The summed E-state index contributed by atoms with van der Waals surface area (Å²) in [6.45, 7) is 4.56. The van der Waals surface area contributed by atoms with Gasteiger partial charge < -0.3 is 24.8 Å². The number of carbonyl (C=O) groups is 3. The minimum Gasteiger partial charge on any atom is -0.481 e. The monoisotopic (exact) mass is 464 g/mol. The van der Waals surface area contributed by atoms with Crippen LogP contribution in [0.4, 0.5) is 4.79 Å². The molecule has 178 valence electrons. The minimum atomic E-state index is -0.987. The van der Waals surface area contributed by atoms with Gasteiger partial charge in [-0.2, -0.15) is 0 Å². The number of morpholine rings is 1. The van der Waals surface area contributed by atoms with Crippen molar-refractivity contribution in [3.8, 4) is 11.1 Å². The van der Waals surface area contributed by atoms with Gasteiger partial charge in [0, 0.05) is 19.0 Å². The summed E-state index contributed by atoms with van der Waals surface area (Å²) in [6.07, 6.45) is 0.340. The fourth-order valence-corrected chi connectivity index (χ4v) is 4.63. The number of hydrogen-bond donors (Lipinski definition) is 2. The standard InChI is InChI=1S/C26H28N2O6/c1-2-7-23(25(31)28-12-13-33-17(15-28)14-24(29)30)27-26(32)34-16-22-20-10-5-3-8-18(20)19-9-4-6-11-21(19)22/h2-6,8-11,17,22-23H,1,7,12-16H2,(H,27,32)(H,29,30). The summed E-state index contributed by atoms with van der Waals surface area (Å²) in [5.74, 6) is -1.38. The van der Waals surface area contributed by atoms with E-state index in [0.29, 0.717) is 6.54 Å². The van der Waals surface area contributed by atoms with Crippen LogP contribution in [-0.2, 0) is 19.1 Å². The van der Waals surface area contributed by atoms with Crippen molar-refractivity contribution in [3.63, 3.8) is 0 Å². The number of nitrogens with zero attached hydrogens (tertiary/aromatic N) is 1. The van der Waals surface area contributed by atoms with Crippen molar-refractivity contribution >= 4 is 18.0 Å². The second-order valence-electron chi connectivity index (χ2n) is 8.42. The third kappa shape index (κ3) is 5.12. The molecule has 1 saturated heterocycles. The van der Waals surface area contributed by atoms with E-state index in [4.69, 9.17) is 14.6 Å². The molecule has 2 aliphatic rings. The van der Waals surface area contributed by atoms with Crippen LogP contribution in [0.5, 0.6) is 0 Å². The molecule has 8 heteroatoms. The maximum atomic E-state index is 13.0. The predicted molar refractivity (Wildman–Crippen MR) is 125 cm³/mol. The van der Waals surface area contributed by atoms with Crippen LogP contribution in [0, 0.1) is 0 Å². The van der Waals surface area contributed by atoms with Crippen LogP contribution in [0.2, 0.25) is 0 Å². The van der Waals surface area contributed by atoms with Crippen LogP contribution in [0.15, 0.2) is 61.2 Å². The summed E-state index contributed by atoms with van der Waals surface area (Å²) in [5.41, 5.74) is 4.48. The Morgan fingerprint density at radius 1 is 1.15 bits per heavy atom. The molecule has 0 radical (unpaired) electrons. The largest absolute Gasteiger partial charge is 0.481 e. The first-order chi connectivity index (χ1) is 16.5. The van der Waals surface area contributed by atoms with E-state index in [1.807, 2.05) is 36.4 Å². The second kappa shape index (κ2) is 10.5. The van der Waals surface area contributed by atoms with Crippen molar-refractivity contribution in [1.82, 2.24) is 10.2 Å². The van der Waals surface area contributed by atoms with Crippen molar-refractivity contribution in [2.75, 3.05) is 26.3 Å². The highest BCUT2D eigenvalue weighted by molar-refractivity contribution is 5.86. The number of alkyl carbamates (subject to hydrolysis) is 1. The number of amides is 2. The molecule has 1 heterocycles. The molecule has 1 aliphatic heterocycles. The number of hydrogen-bond acceptors (Lipinski definition) is 5. The van der Waals surface area contributed by atoms with Gasteiger partial charge in [0.2, 0.25) is 5.91 Å². The number of benzene rings is 2. The van der Waals surface area contributed by atoms with Crippen LogP contribution in [0.1, 0.15) is 29.9 Å². The zero-order chi connectivity index (χ0) is 24.1. The number of aliphatic carboxylic acids is 1. The zero-order valence-electron chi connectivity index (χ0n) is 18.8. The van der Waals surface area contributed by atoms with E-state index in [-0.39, 0.29) is 44.4 Å². The lowest BCUT2D eigenvalue weighted by Crippen LogP contribution is -2.54. The Balaban J connectivity index is 1.39. The molecule has 0 spiro atoms. The van der Waals surface area contributed by atoms with Gasteiger partial charge >= 0.3 is 12.1 Å². The maximum absolute atomic E-state index is 13.0. The Morgan fingerprint density at radius 3 is 2.41 bits per heavy atom. The molecule has 2 aromatic rings. The van der Waals surface area contributed by atoms with E-state index in [9.17, 15) is 14.4 Å². The lowest BCUT2D eigenvalue weighted by Gasteiger charge is -2.34. The number of fused-ring (bicyclic) bond motifs is 3. The molecule has 1 fully saturated rings. The minimum absolute atomic E-state index is 0.0808. The molecule has 4 rings (SSSR count). The topological polar surface area (TPSA) is 105 Å². The maximum Gasteiger partial charge on any atom is 0.407 e.